The first kappa shape index (κ1) is 14.4. The molecule has 0 aromatic heterocycles. The van der Waals surface area contributed by atoms with Gasteiger partial charge in [-0.3, -0.25) is 14.9 Å². The van der Waals surface area contributed by atoms with E-state index in [1.54, 1.807) is 6.92 Å². The molecule has 98 valence electrons. The van der Waals surface area contributed by atoms with Crippen LogP contribution in [0.1, 0.15) is 18.6 Å². The SMILES string of the molecule is CCOC(=O)[C@H](Cl)[C@H](O)c1cccc([N+](=O)[O-])c1. The largest absolute Gasteiger partial charge is 0.465 e. The molecule has 1 aromatic carbocycles. The van der Waals surface area contributed by atoms with Gasteiger partial charge < -0.3 is 9.84 Å². The van der Waals surface area contributed by atoms with Crippen molar-refractivity contribution in [2.45, 2.75) is 18.4 Å². The summed E-state index contributed by atoms with van der Waals surface area (Å²) < 4.78 is 4.66. The van der Waals surface area contributed by atoms with Crippen LogP contribution in [-0.2, 0) is 9.53 Å². The van der Waals surface area contributed by atoms with E-state index in [9.17, 15) is 20.0 Å². The van der Waals surface area contributed by atoms with Gasteiger partial charge in [0.25, 0.3) is 5.69 Å². The van der Waals surface area contributed by atoms with E-state index in [1.807, 2.05) is 0 Å². The van der Waals surface area contributed by atoms with Gasteiger partial charge in [0.05, 0.1) is 11.5 Å². The molecule has 0 fully saturated rings. The first-order chi connectivity index (χ1) is 8.47. The predicted molar refractivity (Wildman–Crippen MR) is 64.3 cm³/mol. The Morgan fingerprint density at radius 2 is 2.28 bits per heavy atom. The van der Waals surface area contributed by atoms with Crippen molar-refractivity contribution in [3.8, 4) is 0 Å². The third-order valence-electron chi connectivity index (χ3n) is 2.21. The summed E-state index contributed by atoms with van der Waals surface area (Å²) in [5, 5.41) is 19.1. The van der Waals surface area contributed by atoms with Crippen molar-refractivity contribution in [3.05, 3.63) is 39.9 Å². The maximum atomic E-state index is 11.3. The van der Waals surface area contributed by atoms with Crippen LogP contribution in [0.5, 0.6) is 0 Å². The molecule has 1 rings (SSSR count). The molecule has 0 radical (unpaired) electrons. The average molecular weight is 274 g/mol. The van der Waals surface area contributed by atoms with Crippen LogP contribution in [0.3, 0.4) is 0 Å². The summed E-state index contributed by atoms with van der Waals surface area (Å²) in [4.78, 5) is 21.3. The van der Waals surface area contributed by atoms with Gasteiger partial charge in [-0.2, -0.15) is 0 Å². The number of nitro groups is 1. The number of halogens is 1. The number of aliphatic hydroxyl groups is 1. The van der Waals surface area contributed by atoms with Gasteiger partial charge in [0.1, 0.15) is 6.10 Å². The number of ether oxygens (including phenoxy) is 1. The molecule has 1 aromatic rings. The molecular formula is C11H12ClNO5. The molecule has 1 N–H and O–H groups in total. The molecule has 0 amide bonds. The summed E-state index contributed by atoms with van der Waals surface area (Å²) in [5.41, 5.74) is 0.0107. The lowest BCUT2D eigenvalue weighted by atomic mass is 10.1. The van der Waals surface area contributed by atoms with E-state index >= 15 is 0 Å². The van der Waals surface area contributed by atoms with Crippen molar-refractivity contribution in [1.29, 1.82) is 0 Å². The third kappa shape index (κ3) is 3.41. The van der Waals surface area contributed by atoms with E-state index in [2.05, 4.69) is 4.74 Å². The zero-order chi connectivity index (χ0) is 13.7. The number of rotatable bonds is 5. The number of alkyl halides is 1. The number of nitro benzene ring substituents is 1. The molecule has 7 heteroatoms. The van der Waals surface area contributed by atoms with Crippen LogP contribution in [0, 0.1) is 10.1 Å². The van der Waals surface area contributed by atoms with Gasteiger partial charge in [0, 0.05) is 12.1 Å². The summed E-state index contributed by atoms with van der Waals surface area (Å²) in [6, 6.07) is 5.31. The monoisotopic (exact) mass is 273 g/mol. The predicted octanol–water partition coefficient (Wildman–Crippen LogP) is 1.80. The number of hydrogen-bond donors (Lipinski definition) is 1. The van der Waals surface area contributed by atoms with Gasteiger partial charge in [-0.25, -0.2) is 0 Å². The number of esters is 1. The second-order valence-electron chi connectivity index (χ2n) is 3.45. The highest BCUT2D eigenvalue weighted by molar-refractivity contribution is 6.30. The highest BCUT2D eigenvalue weighted by atomic mass is 35.5. The maximum Gasteiger partial charge on any atom is 0.327 e. The van der Waals surface area contributed by atoms with Gasteiger partial charge in [0.2, 0.25) is 0 Å². The Morgan fingerprint density at radius 3 is 2.83 bits per heavy atom. The first-order valence-electron chi connectivity index (χ1n) is 5.20. The fraction of sp³-hybridized carbons (Fsp3) is 0.364. The molecule has 0 aliphatic rings. The topological polar surface area (TPSA) is 89.7 Å². The summed E-state index contributed by atoms with van der Waals surface area (Å²) in [6.07, 6.45) is -1.36. The van der Waals surface area contributed by atoms with Crippen LogP contribution in [-0.4, -0.2) is 28.0 Å². The minimum absolute atomic E-state index is 0.143. The number of nitrogens with zero attached hydrogens (tertiary/aromatic N) is 1. The molecule has 0 bridgehead atoms. The normalized spacial score (nSPS) is 13.7. The number of carbonyl (C=O) groups is 1. The van der Waals surface area contributed by atoms with Crippen LogP contribution in [0.15, 0.2) is 24.3 Å². The molecule has 0 heterocycles. The minimum atomic E-state index is -1.36. The number of benzene rings is 1. The molecule has 0 aliphatic carbocycles. The Kier molecular flexibility index (Phi) is 5.06. The van der Waals surface area contributed by atoms with Crippen LogP contribution < -0.4 is 0 Å². The van der Waals surface area contributed by atoms with Crippen molar-refractivity contribution >= 4 is 23.3 Å². The molecule has 0 aliphatic heterocycles. The van der Waals surface area contributed by atoms with Crippen molar-refractivity contribution in [1.82, 2.24) is 0 Å². The molecule has 0 saturated carbocycles. The smallest absolute Gasteiger partial charge is 0.327 e. The highest BCUT2D eigenvalue weighted by Crippen LogP contribution is 2.25. The van der Waals surface area contributed by atoms with Crippen LogP contribution in [0.4, 0.5) is 5.69 Å². The van der Waals surface area contributed by atoms with Gasteiger partial charge in [-0.15, -0.1) is 11.6 Å². The fourth-order valence-electron chi connectivity index (χ4n) is 1.34. The first-order valence-corrected chi connectivity index (χ1v) is 5.64. The Balaban J connectivity index is 2.89. The van der Waals surface area contributed by atoms with E-state index in [4.69, 9.17) is 11.6 Å². The molecule has 0 saturated heterocycles. The van der Waals surface area contributed by atoms with Crippen molar-refractivity contribution in [2.75, 3.05) is 6.61 Å². The van der Waals surface area contributed by atoms with Crippen molar-refractivity contribution < 1.29 is 19.6 Å². The molecule has 0 spiro atoms. The summed E-state index contributed by atoms with van der Waals surface area (Å²) in [5.74, 6) is -0.766. The number of aliphatic hydroxyl groups excluding tert-OH is 1. The van der Waals surface area contributed by atoms with Gasteiger partial charge in [-0.1, -0.05) is 12.1 Å². The summed E-state index contributed by atoms with van der Waals surface area (Å²) >= 11 is 5.73. The van der Waals surface area contributed by atoms with E-state index in [0.717, 1.165) is 0 Å². The van der Waals surface area contributed by atoms with E-state index in [-0.39, 0.29) is 17.9 Å². The maximum absolute atomic E-state index is 11.3. The lowest BCUT2D eigenvalue weighted by molar-refractivity contribution is -0.385. The van der Waals surface area contributed by atoms with Crippen LogP contribution in [0.25, 0.3) is 0 Å². The minimum Gasteiger partial charge on any atom is -0.465 e. The zero-order valence-electron chi connectivity index (χ0n) is 9.58. The molecule has 6 nitrogen and oxygen atoms in total. The number of hydrogen-bond acceptors (Lipinski definition) is 5. The van der Waals surface area contributed by atoms with Gasteiger partial charge >= 0.3 is 5.97 Å². The van der Waals surface area contributed by atoms with Crippen LogP contribution >= 0.6 is 11.6 Å². The Labute approximate surface area is 108 Å². The lowest BCUT2D eigenvalue weighted by Gasteiger charge is -2.15. The van der Waals surface area contributed by atoms with E-state index < -0.39 is 22.4 Å². The fourth-order valence-corrected chi connectivity index (χ4v) is 1.55. The van der Waals surface area contributed by atoms with Gasteiger partial charge in [0.15, 0.2) is 5.38 Å². The Morgan fingerprint density at radius 1 is 1.61 bits per heavy atom. The van der Waals surface area contributed by atoms with Crippen molar-refractivity contribution in [3.63, 3.8) is 0 Å². The third-order valence-corrected chi connectivity index (χ3v) is 2.63. The Bertz CT molecular complexity index is 451. The highest BCUT2D eigenvalue weighted by Gasteiger charge is 2.27. The van der Waals surface area contributed by atoms with E-state index in [1.165, 1.54) is 24.3 Å². The lowest BCUT2D eigenvalue weighted by Crippen LogP contribution is -2.25. The van der Waals surface area contributed by atoms with Crippen molar-refractivity contribution in [2.24, 2.45) is 0 Å². The average Bonchev–Trinajstić information content (AvgIpc) is 2.37. The van der Waals surface area contributed by atoms with Crippen LogP contribution in [0.2, 0.25) is 0 Å². The second kappa shape index (κ2) is 6.32. The second-order valence-corrected chi connectivity index (χ2v) is 3.92. The van der Waals surface area contributed by atoms with E-state index in [0.29, 0.717) is 0 Å². The quantitative estimate of drug-likeness (QED) is 0.382. The molecule has 2 atom stereocenters. The summed E-state index contributed by atoms with van der Waals surface area (Å²) in [6.45, 7) is 1.75. The number of non-ortho nitro benzene ring substituents is 1. The molecular weight excluding hydrogens is 262 g/mol. The molecule has 0 unspecified atom stereocenters. The van der Waals surface area contributed by atoms with Gasteiger partial charge in [-0.05, 0) is 12.5 Å². The molecule has 18 heavy (non-hydrogen) atoms. The number of carbonyl (C=O) groups excluding carboxylic acids is 1. The Hall–Kier alpha value is -1.66. The standard InChI is InChI=1S/C11H12ClNO5/c1-2-18-11(15)9(12)10(14)7-4-3-5-8(6-7)13(16)17/h3-6,9-10,14H,2H2,1H3/t9-,10-/m1/s1. The summed E-state index contributed by atoms with van der Waals surface area (Å²) in [7, 11) is 0. The zero-order valence-corrected chi connectivity index (χ0v) is 10.3.